The Morgan fingerprint density at radius 2 is 2.11 bits per heavy atom. The van der Waals surface area contributed by atoms with Gasteiger partial charge in [-0.15, -0.1) is 0 Å². The van der Waals surface area contributed by atoms with Crippen LogP contribution < -0.4 is 5.32 Å². The molecule has 1 fully saturated rings. The fourth-order valence-electron chi connectivity index (χ4n) is 1.72. The Balaban J connectivity index is 2.27. The van der Waals surface area contributed by atoms with Crippen LogP contribution >= 0.6 is 0 Å². The molecule has 0 spiro atoms. The zero-order valence-electron chi connectivity index (χ0n) is 11.9. The molecule has 0 aromatic rings. The van der Waals surface area contributed by atoms with Crippen LogP contribution in [0.25, 0.3) is 0 Å². The largest absolute Gasteiger partial charge is 0.468 e. The van der Waals surface area contributed by atoms with Gasteiger partial charge >= 0.3 is 5.97 Å². The first-order chi connectivity index (χ1) is 8.52. The summed E-state index contributed by atoms with van der Waals surface area (Å²) in [6.07, 6.45) is 2.57. The Morgan fingerprint density at radius 3 is 2.61 bits per heavy atom. The number of hydrogen-bond donors (Lipinski definition) is 1. The Morgan fingerprint density at radius 1 is 1.44 bits per heavy atom. The van der Waals surface area contributed by atoms with Crippen molar-refractivity contribution in [2.24, 2.45) is 0 Å². The van der Waals surface area contributed by atoms with Gasteiger partial charge in [-0.25, -0.2) is 0 Å². The average molecular weight is 258 g/mol. The quantitative estimate of drug-likeness (QED) is 0.615. The van der Waals surface area contributed by atoms with Crippen LogP contribution in [0.4, 0.5) is 0 Å². The topological polar surface area (TPSA) is 50.8 Å². The molecule has 1 saturated carbocycles. The third-order valence-electron chi connectivity index (χ3n) is 2.92. The second-order valence-electron chi connectivity index (χ2n) is 5.20. The first-order valence-electron chi connectivity index (χ1n) is 6.67. The molecule has 106 valence electrons. The normalized spacial score (nSPS) is 17.2. The molecule has 1 N–H and O–H groups in total. The zero-order chi connectivity index (χ0) is 13.5. The fraction of sp³-hybridized carbons (Fsp3) is 0.923. The van der Waals surface area contributed by atoms with Crippen LogP contribution in [0.2, 0.25) is 0 Å². The minimum atomic E-state index is -0.230. The van der Waals surface area contributed by atoms with E-state index >= 15 is 0 Å². The van der Waals surface area contributed by atoms with Gasteiger partial charge in [0.2, 0.25) is 0 Å². The fourth-order valence-corrected chi connectivity index (χ4v) is 1.72. The van der Waals surface area contributed by atoms with Crippen molar-refractivity contribution in [2.45, 2.75) is 44.9 Å². The molecule has 0 aromatic heterocycles. The smallest absolute Gasteiger partial charge is 0.324 e. The van der Waals surface area contributed by atoms with Crippen LogP contribution in [0.5, 0.6) is 0 Å². The number of likely N-dealkylation sites (N-methyl/N-ethyl adjacent to an activating group) is 1. The summed E-state index contributed by atoms with van der Waals surface area (Å²) in [5.74, 6) is -0.182. The number of carbonyl (C=O) groups is 1. The number of ether oxygens (including phenoxy) is 2. The molecular formula is C13H26N2O3. The third kappa shape index (κ3) is 6.33. The first kappa shape index (κ1) is 15.4. The molecule has 1 atom stereocenters. The number of rotatable bonds is 9. The lowest BCUT2D eigenvalue weighted by Crippen LogP contribution is -2.47. The third-order valence-corrected chi connectivity index (χ3v) is 2.92. The molecule has 0 bridgehead atoms. The molecule has 0 radical (unpaired) electrons. The highest BCUT2D eigenvalue weighted by atomic mass is 16.5. The van der Waals surface area contributed by atoms with E-state index in [0.29, 0.717) is 19.2 Å². The summed E-state index contributed by atoms with van der Waals surface area (Å²) < 4.78 is 10.3. The van der Waals surface area contributed by atoms with E-state index in [2.05, 4.69) is 10.2 Å². The molecule has 5 heteroatoms. The van der Waals surface area contributed by atoms with Gasteiger partial charge in [-0.1, -0.05) is 0 Å². The molecule has 0 saturated heterocycles. The summed E-state index contributed by atoms with van der Waals surface area (Å²) in [6, 6.07) is 0.265. The van der Waals surface area contributed by atoms with E-state index in [1.54, 1.807) is 0 Å². The molecule has 1 aliphatic rings. The Bertz CT molecular complexity index is 255. The van der Waals surface area contributed by atoms with Crippen LogP contribution in [0, 0.1) is 0 Å². The van der Waals surface area contributed by atoms with E-state index in [1.165, 1.54) is 7.11 Å². The predicted molar refractivity (Wildman–Crippen MR) is 70.5 cm³/mol. The van der Waals surface area contributed by atoms with E-state index in [1.807, 2.05) is 20.9 Å². The average Bonchev–Trinajstić information content (AvgIpc) is 3.10. The number of hydrogen-bond acceptors (Lipinski definition) is 5. The van der Waals surface area contributed by atoms with Crippen molar-refractivity contribution < 1.29 is 14.3 Å². The SMILES string of the molecule is COC(=O)C(CN(C)CCOC(C)C)NC1CC1. The predicted octanol–water partition coefficient (Wildman–Crippen LogP) is 0.637. The lowest BCUT2D eigenvalue weighted by atomic mass is 10.2. The molecule has 0 heterocycles. The number of carbonyl (C=O) groups excluding carboxylic acids is 1. The minimum absolute atomic E-state index is 0.182. The maximum atomic E-state index is 11.7. The molecule has 18 heavy (non-hydrogen) atoms. The lowest BCUT2D eigenvalue weighted by molar-refractivity contribution is -0.143. The molecular weight excluding hydrogens is 232 g/mol. The van der Waals surface area contributed by atoms with Crippen LogP contribution in [0.15, 0.2) is 0 Å². The van der Waals surface area contributed by atoms with E-state index in [9.17, 15) is 4.79 Å². The minimum Gasteiger partial charge on any atom is -0.468 e. The Labute approximate surface area is 110 Å². The van der Waals surface area contributed by atoms with Crippen molar-refractivity contribution in [3.05, 3.63) is 0 Å². The Kier molecular flexibility index (Phi) is 6.60. The molecule has 1 aliphatic carbocycles. The summed E-state index contributed by atoms with van der Waals surface area (Å²) >= 11 is 0. The molecule has 1 rings (SSSR count). The second kappa shape index (κ2) is 7.71. The van der Waals surface area contributed by atoms with Gasteiger partial charge in [-0.05, 0) is 33.7 Å². The number of methoxy groups -OCH3 is 1. The maximum Gasteiger partial charge on any atom is 0.324 e. The lowest BCUT2D eigenvalue weighted by Gasteiger charge is -2.23. The van der Waals surface area contributed by atoms with Gasteiger partial charge in [0.25, 0.3) is 0 Å². The number of esters is 1. The van der Waals surface area contributed by atoms with E-state index in [0.717, 1.165) is 19.4 Å². The molecule has 5 nitrogen and oxygen atoms in total. The maximum absolute atomic E-state index is 11.7. The summed E-state index contributed by atoms with van der Waals surface area (Å²) in [6.45, 7) is 6.20. The number of nitrogens with one attached hydrogen (secondary N) is 1. The van der Waals surface area contributed by atoms with Gasteiger partial charge in [0.15, 0.2) is 0 Å². The van der Waals surface area contributed by atoms with Crippen LogP contribution in [0.1, 0.15) is 26.7 Å². The van der Waals surface area contributed by atoms with Gasteiger partial charge < -0.3 is 19.7 Å². The van der Waals surface area contributed by atoms with Gasteiger partial charge in [0.05, 0.1) is 19.8 Å². The Hall–Kier alpha value is -0.650. The first-order valence-corrected chi connectivity index (χ1v) is 6.67. The zero-order valence-corrected chi connectivity index (χ0v) is 11.9. The summed E-state index contributed by atoms with van der Waals surface area (Å²) in [5, 5.41) is 3.31. The van der Waals surface area contributed by atoms with Crippen LogP contribution in [-0.2, 0) is 14.3 Å². The highest BCUT2D eigenvalue weighted by Crippen LogP contribution is 2.19. The van der Waals surface area contributed by atoms with Crippen molar-refractivity contribution >= 4 is 5.97 Å². The van der Waals surface area contributed by atoms with Gasteiger partial charge in [0.1, 0.15) is 6.04 Å². The highest BCUT2D eigenvalue weighted by molar-refractivity contribution is 5.76. The molecule has 1 unspecified atom stereocenters. The van der Waals surface area contributed by atoms with Crippen molar-refractivity contribution in [3.63, 3.8) is 0 Å². The van der Waals surface area contributed by atoms with Crippen molar-refractivity contribution in [3.8, 4) is 0 Å². The molecule has 0 amide bonds. The summed E-state index contributed by atoms with van der Waals surface area (Å²) in [5.41, 5.74) is 0. The van der Waals surface area contributed by atoms with Gasteiger partial charge in [-0.3, -0.25) is 4.79 Å². The van der Waals surface area contributed by atoms with E-state index in [-0.39, 0.29) is 18.1 Å². The van der Waals surface area contributed by atoms with Gasteiger partial charge in [-0.2, -0.15) is 0 Å². The summed E-state index contributed by atoms with van der Waals surface area (Å²) in [4.78, 5) is 13.7. The van der Waals surface area contributed by atoms with Crippen molar-refractivity contribution in [1.82, 2.24) is 10.2 Å². The van der Waals surface area contributed by atoms with Crippen LogP contribution in [-0.4, -0.2) is 62.9 Å². The van der Waals surface area contributed by atoms with Crippen molar-refractivity contribution in [2.75, 3.05) is 33.9 Å². The molecule has 0 aliphatic heterocycles. The van der Waals surface area contributed by atoms with Gasteiger partial charge in [0, 0.05) is 19.1 Å². The van der Waals surface area contributed by atoms with E-state index in [4.69, 9.17) is 9.47 Å². The number of nitrogens with zero attached hydrogens (tertiary/aromatic N) is 1. The standard InChI is InChI=1S/C13H26N2O3/c1-10(2)18-8-7-15(3)9-12(13(16)17-4)14-11-5-6-11/h10-12,14H,5-9H2,1-4H3. The van der Waals surface area contributed by atoms with Crippen LogP contribution in [0.3, 0.4) is 0 Å². The monoisotopic (exact) mass is 258 g/mol. The van der Waals surface area contributed by atoms with E-state index < -0.39 is 0 Å². The van der Waals surface area contributed by atoms with Crippen molar-refractivity contribution in [1.29, 1.82) is 0 Å². The molecule has 0 aromatic carbocycles. The highest BCUT2D eigenvalue weighted by Gasteiger charge is 2.29. The summed E-state index contributed by atoms with van der Waals surface area (Å²) in [7, 11) is 3.43. The second-order valence-corrected chi connectivity index (χ2v) is 5.20.